The van der Waals surface area contributed by atoms with Crippen LogP contribution in [-0.4, -0.2) is 58.6 Å². The molecule has 25 heavy (non-hydrogen) atoms. The normalized spacial score (nSPS) is 15.3. The number of nitrogens with zero attached hydrogens (tertiary/aromatic N) is 5. The van der Waals surface area contributed by atoms with E-state index >= 15 is 0 Å². The van der Waals surface area contributed by atoms with Gasteiger partial charge in [-0.1, -0.05) is 0 Å². The molecule has 1 aliphatic heterocycles. The van der Waals surface area contributed by atoms with Crippen LogP contribution in [0.25, 0.3) is 0 Å². The number of amides is 1. The van der Waals surface area contributed by atoms with Crippen molar-refractivity contribution in [1.82, 2.24) is 19.4 Å². The first-order valence-electron chi connectivity index (χ1n) is 8.56. The summed E-state index contributed by atoms with van der Waals surface area (Å²) < 4.78 is 7.05. The molecule has 0 saturated carbocycles. The fourth-order valence-corrected chi connectivity index (χ4v) is 3.26. The number of hydrogen-bond acceptors (Lipinski definition) is 5. The van der Waals surface area contributed by atoms with Crippen LogP contribution in [0.1, 0.15) is 28.2 Å². The first kappa shape index (κ1) is 17.4. The van der Waals surface area contributed by atoms with Crippen LogP contribution in [0.3, 0.4) is 0 Å². The average Bonchev–Trinajstić information content (AvgIpc) is 2.81. The van der Waals surface area contributed by atoms with Crippen LogP contribution in [-0.2, 0) is 18.4 Å². The molecular formula is C18H25N5O2. The minimum atomic E-state index is 0.106. The van der Waals surface area contributed by atoms with Crippen molar-refractivity contribution < 1.29 is 9.53 Å². The molecule has 7 heteroatoms. The molecule has 2 aromatic heterocycles. The Hall–Kier alpha value is -2.41. The fraction of sp³-hybridized carbons (Fsp3) is 0.500. The van der Waals surface area contributed by atoms with E-state index in [9.17, 15) is 4.79 Å². The van der Waals surface area contributed by atoms with Crippen molar-refractivity contribution in [2.75, 3.05) is 38.2 Å². The third-order valence-electron chi connectivity index (χ3n) is 4.59. The summed E-state index contributed by atoms with van der Waals surface area (Å²) in [5.41, 5.74) is 2.66. The first-order chi connectivity index (χ1) is 12.1. The van der Waals surface area contributed by atoms with Gasteiger partial charge in [-0.3, -0.25) is 4.79 Å². The van der Waals surface area contributed by atoms with Crippen LogP contribution < -0.4 is 4.90 Å². The predicted molar refractivity (Wildman–Crippen MR) is 95.6 cm³/mol. The second kappa shape index (κ2) is 7.65. The predicted octanol–water partition coefficient (Wildman–Crippen LogP) is 1.62. The molecule has 0 unspecified atom stereocenters. The minimum Gasteiger partial charge on any atom is -0.378 e. The number of aromatic nitrogens is 3. The molecule has 0 N–H and O–H groups in total. The molecule has 0 aromatic carbocycles. The number of carbonyl (C=O) groups excluding carboxylic acids is 1. The Kier molecular flexibility index (Phi) is 5.33. The van der Waals surface area contributed by atoms with Crippen LogP contribution in [0.5, 0.6) is 0 Å². The van der Waals surface area contributed by atoms with Crippen LogP contribution in [0, 0.1) is 6.92 Å². The maximum Gasteiger partial charge on any atom is 0.270 e. The van der Waals surface area contributed by atoms with Gasteiger partial charge in [0.2, 0.25) is 0 Å². The molecule has 2 aromatic rings. The van der Waals surface area contributed by atoms with Crippen LogP contribution in [0.2, 0.25) is 0 Å². The highest BCUT2D eigenvalue weighted by Gasteiger charge is 2.23. The van der Waals surface area contributed by atoms with E-state index < -0.39 is 0 Å². The maximum absolute atomic E-state index is 12.9. The zero-order valence-corrected chi connectivity index (χ0v) is 15.1. The summed E-state index contributed by atoms with van der Waals surface area (Å²) in [7, 11) is 3.57. The zero-order valence-electron chi connectivity index (χ0n) is 15.1. The Bertz CT molecular complexity index is 723. The molecular weight excluding hydrogens is 318 g/mol. The molecule has 3 heterocycles. The molecule has 0 bridgehead atoms. The highest BCUT2D eigenvalue weighted by atomic mass is 16.5. The molecule has 0 aliphatic carbocycles. The van der Waals surface area contributed by atoms with Crippen molar-refractivity contribution in [2.45, 2.75) is 20.0 Å². The summed E-state index contributed by atoms with van der Waals surface area (Å²) in [5, 5.41) is 0. The highest BCUT2D eigenvalue weighted by molar-refractivity contribution is 5.94. The highest BCUT2D eigenvalue weighted by Crippen LogP contribution is 2.17. The first-order valence-corrected chi connectivity index (χ1v) is 8.56. The molecule has 1 saturated heterocycles. The Morgan fingerprint density at radius 1 is 1.24 bits per heavy atom. The van der Waals surface area contributed by atoms with E-state index in [0.717, 1.165) is 48.8 Å². The van der Waals surface area contributed by atoms with Gasteiger partial charge in [-0.05, 0) is 25.0 Å². The fourth-order valence-electron chi connectivity index (χ4n) is 3.26. The average molecular weight is 343 g/mol. The summed E-state index contributed by atoms with van der Waals surface area (Å²) in [4.78, 5) is 25.6. The van der Waals surface area contributed by atoms with Crippen LogP contribution >= 0.6 is 0 Å². The molecule has 134 valence electrons. The third kappa shape index (κ3) is 3.82. The number of ether oxygens (including phenoxy) is 1. The van der Waals surface area contributed by atoms with Crippen molar-refractivity contribution in [1.29, 1.82) is 0 Å². The van der Waals surface area contributed by atoms with Gasteiger partial charge in [-0.25, -0.2) is 9.97 Å². The van der Waals surface area contributed by atoms with E-state index in [-0.39, 0.29) is 5.91 Å². The largest absolute Gasteiger partial charge is 0.378 e. The lowest BCUT2D eigenvalue weighted by Gasteiger charge is -2.23. The lowest BCUT2D eigenvalue weighted by molar-refractivity contribution is 0.0756. The molecule has 0 spiro atoms. The van der Waals surface area contributed by atoms with E-state index in [0.29, 0.717) is 13.2 Å². The van der Waals surface area contributed by atoms with Crippen molar-refractivity contribution in [3.05, 3.63) is 41.6 Å². The van der Waals surface area contributed by atoms with Gasteiger partial charge in [-0.15, -0.1) is 0 Å². The summed E-state index contributed by atoms with van der Waals surface area (Å²) in [5.74, 6) is 1.00. The second-order valence-corrected chi connectivity index (χ2v) is 6.39. The third-order valence-corrected chi connectivity index (χ3v) is 4.59. The lowest BCUT2D eigenvalue weighted by atomic mass is 10.2. The van der Waals surface area contributed by atoms with Crippen molar-refractivity contribution >= 4 is 11.7 Å². The topological polar surface area (TPSA) is 63.5 Å². The van der Waals surface area contributed by atoms with Gasteiger partial charge in [0.15, 0.2) is 0 Å². The van der Waals surface area contributed by atoms with Gasteiger partial charge >= 0.3 is 0 Å². The summed E-state index contributed by atoms with van der Waals surface area (Å²) >= 11 is 0. The van der Waals surface area contributed by atoms with E-state index in [4.69, 9.17) is 4.74 Å². The minimum absolute atomic E-state index is 0.106. The van der Waals surface area contributed by atoms with Gasteiger partial charge in [0.05, 0.1) is 12.3 Å². The van der Waals surface area contributed by atoms with Crippen LogP contribution in [0.15, 0.2) is 24.7 Å². The van der Waals surface area contributed by atoms with Crippen molar-refractivity contribution in [3.63, 3.8) is 0 Å². The Balaban J connectivity index is 1.70. The number of aryl methyl sites for hydroxylation is 2. The summed E-state index contributed by atoms with van der Waals surface area (Å²) in [6.07, 6.45) is 4.43. The summed E-state index contributed by atoms with van der Waals surface area (Å²) in [6, 6.07) is 3.94. The van der Waals surface area contributed by atoms with Crippen LogP contribution in [0.4, 0.5) is 5.82 Å². The smallest absolute Gasteiger partial charge is 0.270 e. The monoisotopic (exact) mass is 343 g/mol. The molecule has 1 aliphatic rings. The Morgan fingerprint density at radius 3 is 2.80 bits per heavy atom. The summed E-state index contributed by atoms with van der Waals surface area (Å²) in [6.45, 7) is 5.54. The van der Waals surface area contributed by atoms with E-state index in [1.807, 2.05) is 41.8 Å². The van der Waals surface area contributed by atoms with Gasteiger partial charge in [0.25, 0.3) is 5.91 Å². The molecule has 1 amide bonds. The Labute approximate surface area is 148 Å². The molecule has 3 rings (SSSR count). The van der Waals surface area contributed by atoms with Gasteiger partial charge in [0, 0.05) is 52.6 Å². The second-order valence-electron chi connectivity index (χ2n) is 6.39. The molecule has 1 fully saturated rings. The molecule has 0 atom stereocenters. The SMILES string of the molecule is COCc1cc(N2CCCN(C(=O)c3c(C)ccn3C)CC2)ncn1. The standard InChI is InChI=1S/C18H25N5O2/c1-14-5-8-21(2)17(14)18(24)23-7-4-6-22(9-10-23)16-11-15(12-25-3)19-13-20-16/h5,8,11,13H,4,6-7,9-10,12H2,1-3H3. The van der Waals surface area contributed by atoms with Crippen molar-refractivity contribution in [3.8, 4) is 0 Å². The van der Waals surface area contributed by atoms with E-state index in [1.165, 1.54) is 0 Å². The van der Waals surface area contributed by atoms with Gasteiger partial charge < -0.3 is 19.1 Å². The van der Waals surface area contributed by atoms with Crippen molar-refractivity contribution in [2.24, 2.45) is 7.05 Å². The van der Waals surface area contributed by atoms with E-state index in [2.05, 4.69) is 14.9 Å². The Morgan fingerprint density at radius 2 is 2.08 bits per heavy atom. The molecule has 0 radical (unpaired) electrons. The van der Waals surface area contributed by atoms with E-state index in [1.54, 1.807) is 13.4 Å². The number of anilines is 1. The molecule has 7 nitrogen and oxygen atoms in total. The zero-order chi connectivity index (χ0) is 17.8. The van der Waals surface area contributed by atoms with Gasteiger partial charge in [0.1, 0.15) is 17.8 Å². The maximum atomic E-state index is 12.9. The number of hydrogen-bond donors (Lipinski definition) is 0. The van der Waals surface area contributed by atoms with Gasteiger partial charge in [-0.2, -0.15) is 0 Å². The lowest BCUT2D eigenvalue weighted by Crippen LogP contribution is -2.36. The number of rotatable bonds is 4. The quantitative estimate of drug-likeness (QED) is 0.844. The number of methoxy groups -OCH3 is 1. The number of carbonyl (C=O) groups is 1.